The number of rotatable bonds is 4. The number of hydrogen-bond acceptors (Lipinski definition) is 6. The number of nitrogens with zero attached hydrogens (tertiary/aromatic N) is 3. The number of halogens is 1. The van der Waals surface area contributed by atoms with Gasteiger partial charge in [0, 0.05) is 54.5 Å². The third-order valence-electron chi connectivity index (χ3n) is 6.23. The van der Waals surface area contributed by atoms with E-state index in [9.17, 15) is 13.9 Å². The van der Waals surface area contributed by atoms with Gasteiger partial charge in [0.25, 0.3) is 0 Å². The normalized spacial score (nSPS) is 21.0. The summed E-state index contributed by atoms with van der Waals surface area (Å²) in [4.78, 5) is 23.9. The van der Waals surface area contributed by atoms with Crippen molar-refractivity contribution in [2.75, 3.05) is 29.5 Å². The van der Waals surface area contributed by atoms with Gasteiger partial charge in [-0.1, -0.05) is 17.7 Å². The summed E-state index contributed by atoms with van der Waals surface area (Å²) in [5.74, 6) is 1.67. The molecule has 2 aliphatic rings. The van der Waals surface area contributed by atoms with Crippen LogP contribution in [-0.4, -0.2) is 55.6 Å². The standard InChI is InChI=1S/C22H29ClN4O3S/c1-15-3-2-8-24-21(15)18-13-20(25-14-19(18)23)27-9-4-16(5-10-27)22(28)26-17-6-11-31(29,30)12-7-17/h2-3,8,13-14,16-17,29-30H,4-7,9-12H2,1H3,(H,26,28). The van der Waals surface area contributed by atoms with Crippen molar-refractivity contribution in [2.24, 2.45) is 5.92 Å². The Morgan fingerprint density at radius 1 is 1.19 bits per heavy atom. The van der Waals surface area contributed by atoms with Crippen LogP contribution in [0.3, 0.4) is 0 Å². The van der Waals surface area contributed by atoms with Crippen molar-refractivity contribution in [1.29, 1.82) is 0 Å². The van der Waals surface area contributed by atoms with Crippen LogP contribution in [0.2, 0.25) is 5.02 Å². The molecule has 0 unspecified atom stereocenters. The summed E-state index contributed by atoms with van der Waals surface area (Å²) >= 11 is 6.41. The van der Waals surface area contributed by atoms with E-state index in [1.165, 1.54) is 0 Å². The lowest BCUT2D eigenvalue weighted by Crippen LogP contribution is -2.46. The van der Waals surface area contributed by atoms with Gasteiger partial charge in [0.05, 0.1) is 10.7 Å². The highest BCUT2D eigenvalue weighted by molar-refractivity contribution is 8.24. The third kappa shape index (κ3) is 5.31. The first-order valence-electron chi connectivity index (χ1n) is 10.7. The third-order valence-corrected chi connectivity index (χ3v) is 8.31. The first kappa shape index (κ1) is 22.3. The van der Waals surface area contributed by atoms with Gasteiger partial charge in [0.1, 0.15) is 5.82 Å². The first-order valence-corrected chi connectivity index (χ1v) is 12.9. The number of carbonyl (C=O) groups is 1. The van der Waals surface area contributed by atoms with E-state index in [0.717, 1.165) is 48.6 Å². The minimum absolute atomic E-state index is 0.0247. The topological polar surface area (TPSA) is 98.6 Å². The van der Waals surface area contributed by atoms with Crippen LogP contribution in [-0.2, 0) is 4.79 Å². The Morgan fingerprint density at radius 3 is 2.58 bits per heavy atom. The second kappa shape index (κ2) is 9.32. The van der Waals surface area contributed by atoms with E-state index in [4.69, 9.17) is 11.6 Å². The van der Waals surface area contributed by atoms with Gasteiger partial charge in [0.2, 0.25) is 5.91 Å². The van der Waals surface area contributed by atoms with Crippen molar-refractivity contribution in [1.82, 2.24) is 15.3 Å². The molecule has 2 aliphatic heterocycles. The van der Waals surface area contributed by atoms with Crippen molar-refractivity contribution in [2.45, 2.75) is 38.6 Å². The van der Waals surface area contributed by atoms with Crippen molar-refractivity contribution in [3.8, 4) is 11.3 Å². The molecule has 2 saturated heterocycles. The van der Waals surface area contributed by atoms with Gasteiger partial charge >= 0.3 is 0 Å². The molecular weight excluding hydrogens is 436 g/mol. The monoisotopic (exact) mass is 464 g/mol. The van der Waals surface area contributed by atoms with E-state index in [1.807, 2.05) is 25.1 Å². The number of aryl methyl sites for hydroxylation is 1. The van der Waals surface area contributed by atoms with E-state index < -0.39 is 10.6 Å². The second-order valence-electron chi connectivity index (χ2n) is 8.45. The van der Waals surface area contributed by atoms with Gasteiger partial charge in [-0.2, -0.15) is 10.6 Å². The van der Waals surface area contributed by atoms with Gasteiger partial charge in [0.15, 0.2) is 0 Å². The Hall–Kier alpha value is -1.87. The molecular formula is C22H29ClN4O3S. The molecule has 0 saturated carbocycles. The average molecular weight is 465 g/mol. The zero-order chi connectivity index (χ0) is 22.0. The summed E-state index contributed by atoms with van der Waals surface area (Å²) in [6.45, 7) is 3.51. The van der Waals surface area contributed by atoms with Crippen molar-refractivity contribution in [3.63, 3.8) is 0 Å². The van der Waals surface area contributed by atoms with E-state index in [0.29, 0.717) is 29.4 Å². The summed E-state index contributed by atoms with van der Waals surface area (Å²) in [7, 11) is -2.42. The number of pyridine rings is 2. The Morgan fingerprint density at radius 2 is 1.90 bits per heavy atom. The summed E-state index contributed by atoms with van der Waals surface area (Å²) in [5, 5.41) is 3.69. The Kier molecular flexibility index (Phi) is 6.71. The Balaban J connectivity index is 1.36. The smallest absolute Gasteiger partial charge is 0.223 e. The predicted molar refractivity (Wildman–Crippen MR) is 126 cm³/mol. The van der Waals surface area contributed by atoms with Gasteiger partial charge in [-0.25, -0.2) is 4.98 Å². The van der Waals surface area contributed by atoms with Crippen LogP contribution in [0.15, 0.2) is 30.6 Å². The van der Waals surface area contributed by atoms with Crippen molar-refractivity contribution in [3.05, 3.63) is 41.2 Å². The number of aromatic nitrogens is 2. The highest BCUT2D eigenvalue weighted by Gasteiger charge is 2.30. The Labute approximate surface area is 189 Å². The number of nitrogens with one attached hydrogen (secondary N) is 1. The highest BCUT2D eigenvalue weighted by Crippen LogP contribution is 2.44. The molecule has 2 fully saturated rings. The molecule has 2 aromatic rings. The molecule has 0 bridgehead atoms. The Bertz CT molecular complexity index is 940. The molecule has 4 heterocycles. The average Bonchev–Trinajstić information content (AvgIpc) is 2.76. The van der Waals surface area contributed by atoms with Crippen molar-refractivity contribution < 1.29 is 13.9 Å². The molecule has 4 rings (SSSR count). The largest absolute Gasteiger partial charge is 0.357 e. The molecule has 2 aromatic heterocycles. The van der Waals surface area contributed by atoms with Crippen LogP contribution >= 0.6 is 22.2 Å². The van der Waals surface area contributed by atoms with Gasteiger partial charge < -0.3 is 10.2 Å². The van der Waals surface area contributed by atoms with E-state index in [1.54, 1.807) is 12.4 Å². The number of hydrogen-bond donors (Lipinski definition) is 3. The minimum atomic E-state index is -2.42. The lowest BCUT2D eigenvalue weighted by molar-refractivity contribution is -0.126. The zero-order valence-corrected chi connectivity index (χ0v) is 19.2. The number of amides is 1. The number of piperidine rings is 1. The maximum Gasteiger partial charge on any atom is 0.223 e. The fourth-order valence-corrected chi connectivity index (χ4v) is 6.01. The zero-order valence-electron chi connectivity index (χ0n) is 17.6. The summed E-state index contributed by atoms with van der Waals surface area (Å²) in [5.41, 5.74) is 2.78. The molecule has 7 nitrogen and oxygen atoms in total. The van der Waals surface area contributed by atoms with E-state index in [2.05, 4.69) is 20.2 Å². The van der Waals surface area contributed by atoms with Gasteiger partial charge in [-0.05, 0) is 50.3 Å². The second-order valence-corrected chi connectivity index (χ2v) is 11.3. The van der Waals surface area contributed by atoms with Gasteiger partial charge in [-0.15, -0.1) is 0 Å². The molecule has 3 N–H and O–H groups in total. The van der Waals surface area contributed by atoms with E-state index >= 15 is 0 Å². The quantitative estimate of drug-likeness (QED) is 0.622. The molecule has 0 spiro atoms. The lowest BCUT2D eigenvalue weighted by Gasteiger charge is -2.40. The molecule has 0 radical (unpaired) electrons. The molecule has 0 aliphatic carbocycles. The van der Waals surface area contributed by atoms with Crippen LogP contribution in [0.25, 0.3) is 11.3 Å². The van der Waals surface area contributed by atoms with E-state index in [-0.39, 0.29) is 17.9 Å². The number of carbonyl (C=O) groups excluding carboxylic acids is 1. The molecule has 1 amide bonds. The van der Waals surface area contributed by atoms with Crippen LogP contribution in [0, 0.1) is 12.8 Å². The highest BCUT2D eigenvalue weighted by atomic mass is 35.5. The van der Waals surface area contributed by atoms with Gasteiger partial charge in [-0.3, -0.25) is 18.9 Å². The van der Waals surface area contributed by atoms with Crippen LogP contribution in [0.5, 0.6) is 0 Å². The maximum absolute atomic E-state index is 12.7. The maximum atomic E-state index is 12.7. The lowest BCUT2D eigenvalue weighted by atomic mass is 9.95. The SMILES string of the molecule is Cc1cccnc1-c1cc(N2CCC(C(=O)NC3CCS(O)(O)CC3)CC2)ncc1Cl. The fourth-order valence-electron chi connectivity index (χ4n) is 4.29. The van der Waals surface area contributed by atoms with Crippen LogP contribution < -0.4 is 10.2 Å². The summed E-state index contributed by atoms with van der Waals surface area (Å²) in [6.07, 6.45) is 6.23. The molecule has 168 valence electrons. The molecule has 9 heteroatoms. The predicted octanol–water partition coefficient (Wildman–Crippen LogP) is 4.35. The minimum Gasteiger partial charge on any atom is -0.357 e. The molecule has 31 heavy (non-hydrogen) atoms. The summed E-state index contributed by atoms with van der Waals surface area (Å²) in [6, 6.07) is 5.95. The van der Waals surface area contributed by atoms with Crippen molar-refractivity contribution >= 4 is 33.9 Å². The fraction of sp³-hybridized carbons (Fsp3) is 0.500. The van der Waals surface area contributed by atoms with Crippen LogP contribution in [0.4, 0.5) is 5.82 Å². The van der Waals surface area contributed by atoms with Crippen LogP contribution in [0.1, 0.15) is 31.2 Å². The first-order chi connectivity index (χ1) is 14.8. The number of anilines is 1. The molecule has 0 atom stereocenters. The molecule has 0 aromatic carbocycles. The summed E-state index contributed by atoms with van der Waals surface area (Å²) < 4.78 is 19.5.